The molecular weight excluding hydrogens is 218 g/mol. The Hall–Kier alpha value is -2.56. The second kappa shape index (κ2) is 3.48. The maximum Gasteiger partial charge on any atom is 0.356 e. The van der Waals surface area contributed by atoms with Crippen LogP contribution in [-0.2, 0) is 0 Å². The van der Waals surface area contributed by atoms with Gasteiger partial charge in [0, 0.05) is 11.6 Å². The van der Waals surface area contributed by atoms with Crippen LogP contribution in [0, 0.1) is 0 Å². The lowest BCUT2D eigenvalue weighted by atomic mass is 10.2. The van der Waals surface area contributed by atoms with E-state index in [0.717, 1.165) is 10.9 Å². The van der Waals surface area contributed by atoms with Crippen molar-refractivity contribution in [3.63, 3.8) is 0 Å². The minimum atomic E-state index is -1.08. The fourth-order valence-corrected chi connectivity index (χ4v) is 1.68. The second-order valence-corrected chi connectivity index (χ2v) is 3.60. The number of carboxylic acids is 1. The summed E-state index contributed by atoms with van der Waals surface area (Å²) in [6, 6.07) is 7.31. The summed E-state index contributed by atoms with van der Waals surface area (Å²) < 4.78 is 0. The van der Waals surface area contributed by atoms with E-state index in [2.05, 4.69) is 15.0 Å². The van der Waals surface area contributed by atoms with Crippen LogP contribution < -0.4 is 0 Å². The smallest absolute Gasteiger partial charge is 0.356 e. The van der Waals surface area contributed by atoms with E-state index in [0.29, 0.717) is 11.0 Å². The molecule has 0 spiro atoms. The van der Waals surface area contributed by atoms with Crippen LogP contribution in [0.2, 0.25) is 0 Å². The molecule has 0 aliphatic carbocycles. The van der Waals surface area contributed by atoms with Gasteiger partial charge >= 0.3 is 5.97 Å². The van der Waals surface area contributed by atoms with Gasteiger partial charge in [-0.1, -0.05) is 6.07 Å². The number of aromatic nitrogens is 3. The Balaban J connectivity index is 2.36. The van der Waals surface area contributed by atoms with Crippen LogP contribution in [0.25, 0.3) is 21.9 Å². The summed E-state index contributed by atoms with van der Waals surface area (Å²) >= 11 is 0. The molecule has 0 aliphatic heterocycles. The number of nitrogens with zero attached hydrogens (tertiary/aromatic N) is 3. The van der Waals surface area contributed by atoms with Crippen molar-refractivity contribution in [2.24, 2.45) is 0 Å². The fraction of sp³-hybridized carbons (Fsp3) is 0. The molecule has 5 nitrogen and oxygen atoms in total. The van der Waals surface area contributed by atoms with E-state index >= 15 is 0 Å². The fourth-order valence-electron chi connectivity index (χ4n) is 1.68. The van der Waals surface area contributed by atoms with E-state index in [1.165, 1.54) is 6.20 Å². The predicted octanol–water partition coefficient (Wildman–Crippen LogP) is 1.88. The quantitative estimate of drug-likeness (QED) is 0.640. The van der Waals surface area contributed by atoms with Gasteiger partial charge in [0.2, 0.25) is 0 Å². The van der Waals surface area contributed by atoms with Gasteiger partial charge in [0.15, 0.2) is 5.69 Å². The van der Waals surface area contributed by atoms with E-state index in [4.69, 9.17) is 5.11 Å². The van der Waals surface area contributed by atoms with E-state index in [1.54, 1.807) is 18.3 Å². The first-order valence-electron chi connectivity index (χ1n) is 4.99. The van der Waals surface area contributed by atoms with Crippen molar-refractivity contribution in [2.75, 3.05) is 0 Å². The van der Waals surface area contributed by atoms with Gasteiger partial charge in [0.05, 0.1) is 22.7 Å². The standard InChI is InChI=1S/C12H7N3O2/c16-12(17)11-6-14-9-5-8-7(2-1-3-13-8)4-10(9)15-11/h1-6H,(H,16,17). The molecule has 0 atom stereocenters. The van der Waals surface area contributed by atoms with E-state index in [-0.39, 0.29) is 5.69 Å². The van der Waals surface area contributed by atoms with Gasteiger partial charge in [0.1, 0.15) is 0 Å². The lowest BCUT2D eigenvalue weighted by Gasteiger charge is -2.01. The van der Waals surface area contributed by atoms with E-state index in [9.17, 15) is 4.79 Å². The number of benzene rings is 1. The topological polar surface area (TPSA) is 76.0 Å². The molecule has 2 heterocycles. The minimum Gasteiger partial charge on any atom is -0.476 e. The van der Waals surface area contributed by atoms with Crippen molar-refractivity contribution < 1.29 is 9.90 Å². The Morgan fingerprint density at radius 2 is 2.00 bits per heavy atom. The number of pyridine rings is 1. The third-order valence-electron chi connectivity index (χ3n) is 2.49. The second-order valence-electron chi connectivity index (χ2n) is 3.60. The van der Waals surface area contributed by atoms with Crippen LogP contribution in [0.5, 0.6) is 0 Å². The summed E-state index contributed by atoms with van der Waals surface area (Å²) in [6.07, 6.45) is 2.95. The molecule has 0 unspecified atom stereocenters. The molecular formula is C12H7N3O2. The molecule has 0 saturated heterocycles. The Morgan fingerprint density at radius 3 is 2.82 bits per heavy atom. The van der Waals surface area contributed by atoms with Crippen LogP contribution in [0.15, 0.2) is 36.7 Å². The normalized spacial score (nSPS) is 10.8. The highest BCUT2D eigenvalue weighted by Gasteiger charge is 2.07. The van der Waals surface area contributed by atoms with E-state index < -0.39 is 5.97 Å². The van der Waals surface area contributed by atoms with Gasteiger partial charge < -0.3 is 5.11 Å². The molecule has 3 rings (SSSR count). The summed E-state index contributed by atoms with van der Waals surface area (Å²) in [6.45, 7) is 0. The van der Waals surface area contributed by atoms with Crippen molar-refractivity contribution in [1.29, 1.82) is 0 Å². The number of carbonyl (C=O) groups is 1. The molecule has 5 heteroatoms. The average Bonchev–Trinajstić information content (AvgIpc) is 2.35. The van der Waals surface area contributed by atoms with Gasteiger partial charge in [0.25, 0.3) is 0 Å². The number of fused-ring (bicyclic) bond motifs is 2. The van der Waals surface area contributed by atoms with Gasteiger partial charge in [-0.25, -0.2) is 9.78 Å². The summed E-state index contributed by atoms with van der Waals surface area (Å²) in [5.41, 5.74) is 1.96. The number of carboxylic acid groups (broad SMARTS) is 1. The first-order chi connectivity index (χ1) is 8.24. The number of rotatable bonds is 1. The minimum absolute atomic E-state index is 0.0549. The third kappa shape index (κ3) is 1.57. The number of hydrogen-bond acceptors (Lipinski definition) is 4. The summed E-state index contributed by atoms with van der Waals surface area (Å²) in [7, 11) is 0. The van der Waals surface area contributed by atoms with Gasteiger partial charge in [-0.05, 0) is 18.2 Å². The molecule has 0 fully saturated rings. The lowest BCUT2D eigenvalue weighted by molar-refractivity contribution is 0.0690. The molecule has 0 aliphatic rings. The average molecular weight is 225 g/mol. The zero-order chi connectivity index (χ0) is 11.8. The molecule has 1 N–H and O–H groups in total. The van der Waals surface area contributed by atoms with Crippen molar-refractivity contribution >= 4 is 27.9 Å². The first kappa shape index (κ1) is 9.65. The Bertz CT molecular complexity index is 740. The maximum absolute atomic E-state index is 10.8. The van der Waals surface area contributed by atoms with Gasteiger partial charge in [-0.2, -0.15) is 0 Å². The zero-order valence-corrected chi connectivity index (χ0v) is 8.66. The summed E-state index contributed by atoms with van der Waals surface area (Å²) in [5.74, 6) is -1.08. The van der Waals surface area contributed by atoms with Crippen LogP contribution >= 0.6 is 0 Å². The van der Waals surface area contributed by atoms with Crippen LogP contribution in [0.3, 0.4) is 0 Å². The molecule has 1 aromatic carbocycles. The van der Waals surface area contributed by atoms with Gasteiger partial charge in [-0.15, -0.1) is 0 Å². The molecule has 82 valence electrons. The molecule has 3 aromatic rings. The zero-order valence-electron chi connectivity index (χ0n) is 8.66. The highest BCUT2D eigenvalue weighted by Crippen LogP contribution is 2.18. The molecule has 0 bridgehead atoms. The molecule has 0 amide bonds. The summed E-state index contributed by atoms with van der Waals surface area (Å²) in [5, 5.41) is 9.76. The van der Waals surface area contributed by atoms with Crippen LogP contribution in [0.1, 0.15) is 10.5 Å². The summed E-state index contributed by atoms with van der Waals surface area (Å²) in [4.78, 5) is 23.1. The SMILES string of the molecule is O=C(O)c1cnc2cc3ncccc3cc2n1. The lowest BCUT2D eigenvalue weighted by Crippen LogP contribution is -2.01. The van der Waals surface area contributed by atoms with E-state index in [1.807, 2.05) is 12.1 Å². The molecule has 0 radical (unpaired) electrons. The highest BCUT2D eigenvalue weighted by molar-refractivity contribution is 5.94. The van der Waals surface area contributed by atoms with Crippen molar-refractivity contribution in [3.05, 3.63) is 42.4 Å². The Labute approximate surface area is 95.8 Å². The maximum atomic E-state index is 10.8. The van der Waals surface area contributed by atoms with Crippen molar-refractivity contribution in [2.45, 2.75) is 0 Å². The Kier molecular flexibility index (Phi) is 1.98. The van der Waals surface area contributed by atoms with Crippen molar-refractivity contribution in [1.82, 2.24) is 15.0 Å². The Morgan fingerprint density at radius 1 is 1.12 bits per heavy atom. The number of hydrogen-bond donors (Lipinski definition) is 1. The first-order valence-corrected chi connectivity index (χ1v) is 4.99. The van der Waals surface area contributed by atoms with Crippen LogP contribution in [-0.4, -0.2) is 26.0 Å². The molecule has 17 heavy (non-hydrogen) atoms. The number of aromatic carboxylic acids is 1. The molecule has 0 saturated carbocycles. The molecule has 2 aromatic heterocycles. The van der Waals surface area contributed by atoms with Gasteiger partial charge in [-0.3, -0.25) is 9.97 Å². The monoisotopic (exact) mass is 225 g/mol. The largest absolute Gasteiger partial charge is 0.476 e. The van der Waals surface area contributed by atoms with Crippen molar-refractivity contribution in [3.8, 4) is 0 Å². The highest BCUT2D eigenvalue weighted by atomic mass is 16.4. The third-order valence-corrected chi connectivity index (χ3v) is 2.49. The van der Waals surface area contributed by atoms with Crippen LogP contribution in [0.4, 0.5) is 0 Å². The predicted molar refractivity (Wildman–Crippen MR) is 61.8 cm³/mol.